The van der Waals surface area contributed by atoms with Crippen molar-refractivity contribution in [1.29, 1.82) is 0 Å². The Labute approximate surface area is 101 Å². The molecule has 0 aliphatic heterocycles. The number of rotatable bonds is 6. The van der Waals surface area contributed by atoms with Gasteiger partial charge < -0.3 is 10.3 Å². The van der Waals surface area contributed by atoms with Crippen molar-refractivity contribution in [3.8, 4) is 0 Å². The van der Waals surface area contributed by atoms with E-state index in [1.54, 1.807) is 0 Å². The molecule has 0 aliphatic carbocycles. The van der Waals surface area contributed by atoms with Gasteiger partial charge in [-0.25, -0.2) is 0 Å². The summed E-state index contributed by atoms with van der Waals surface area (Å²) < 4.78 is 5.15. The molecule has 0 amide bonds. The first-order chi connectivity index (χ1) is 7.54. The number of thioether (sulfide) groups is 1. The highest BCUT2D eigenvalue weighted by atomic mass is 32.2. The number of nitrogens with zero attached hydrogens (tertiary/aromatic N) is 2. The number of hydrogen-bond donors (Lipinski definition) is 1. The lowest BCUT2D eigenvalue weighted by Crippen LogP contribution is -2.17. The third-order valence-corrected chi connectivity index (χ3v) is 3.89. The summed E-state index contributed by atoms with van der Waals surface area (Å²) in [5, 5.41) is 4.56. The second-order valence-corrected chi connectivity index (χ2v) is 5.78. The lowest BCUT2D eigenvalue weighted by atomic mass is 10.1. The van der Waals surface area contributed by atoms with Crippen molar-refractivity contribution in [2.24, 2.45) is 11.7 Å². The van der Waals surface area contributed by atoms with Crippen LogP contribution in [0.25, 0.3) is 0 Å². The van der Waals surface area contributed by atoms with E-state index in [1.165, 1.54) is 0 Å². The summed E-state index contributed by atoms with van der Waals surface area (Å²) in [6.45, 7) is 8.46. The van der Waals surface area contributed by atoms with Gasteiger partial charge in [0, 0.05) is 5.25 Å². The maximum atomic E-state index is 5.93. The summed E-state index contributed by atoms with van der Waals surface area (Å²) in [4.78, 5) is 4.31. The Hall–Kier alpha value is -0.550. The smallest absolute Gasteiger partial charge is 0.243 e. The van der Waals surface area contributed by atoms with E-state index < -0.39 is 0 Å². The van der Waals surface area contributed by atoms with Crippen LogP contribution in [0.15, 0.2) is 4.52 Å². The second-order valence-electron chi connectivity index (χ2n) is 4.35. The lowest BCUT2D eigenvalue weighted by molar-refractivity contribution is 0.323. The number of nitrogens with two attached hydrogens (primary N) is 1. The molecule has 0 saturated heterocycles. The second kappa shape index (κ2) is 6.25. The third-order valence-electron chi connectivity index (χ3n) is 2.56. The van der Waals surface area contributed by atoms with Gasteiger partial charge in [-0.3, -0.25) is 0 Å². The zero-order chi connectivity index (χ0) is 12.1. The number of hydrogen-bond acceptors (Lipinski definition) is 5. The van der Waals surface area contributed by atoms with E-state index in [-0.39, 0.29) is 6.04 Å². The molecule has 0 radical (unpaired) electrons. The summed E-state index contributed by atoms with van der Waals surface area (Å²) >= 11 is 1.84. The Morgan fingerprint density at radius 2 is 2.06 bits per heavy atom. The fraction of sp³-hybridized carbons (Fsp3) is 0.818. The summed E-state index contributed by atoms with van der Waals surface area (Å²) in [7, 11) is 0. The molecule has 2 N–H and O–H groups in total. The lowest BCUT2D eigenvalue weighted by Gasteiger charge is -2.09. The topological polar surface area (TPSA) is 64.9 Å². The first-order valence-corrected chi connectivity index (χ1v) is 6.79. The molecule has 1 unspecified atom stereocenters. The molecule has 0 fully saturated rings. The van der Waals surface area contributed by atoms with Crippen LogP contribution in [0.3, 0.4) is 0 Å². The van der Waals surface area contributed by atoms with Crippen LogP contribution in [0.5, 0.6) is 0 Å². The van der Waals surface area contributed by atoms with Gasteiger partial charge in [-0.15, -0.1) is 0 Å². The van der Waals surface area contributed by atoms with Crippen molar-refractivity contribution in [3.05, 3.63) is 11.7 Å². The molecule has 0 saturated carbocycles. The van der Waals surface area contributed by atoms with Crippen LogP contribution in [-0.2, 0) is 5.75 Å². The van der Waals surface area contributed by atoms with Gasteiger partial charge >= 0.3 is 0 Å². The van der Waals surface area contributed by atoms with Gasteiger partial charge in [0.05, 0.1) is 11.8 Å². The fourth-order valence-corrected chi connectivity index (χ4v) is 1.87. The Bertz CT molecular complexity index is 314. The van der Waals surface area contributed by atoms with E-state index in [0.717, 1.165) is 18.0 Å². The van der Waals surface area contributed by atoms with Crippen molar-refractivity contribution in [2.75, 3.05) is 0 Å². The molecule has 92 valence electrons. The van der Waals surface area contributed by atoms with E-state index in [9.17, 15) is 0 Å². The SMILES string of the molecule is CCC(C)SCc1noc([C@@H](N)C(C)C)n1. The molecule has 5 heteroatoms. The van der Waals surface area contributed by atoms with Crippen molar-refractivity contribution in [2.45, 2.75) is 51.2 Å². The van der Waals surface area contributed by atoms with Gasteiger partial charge in [-0.1, -0.05) is 32.9 Å². The molecule has 1 aromatic heterocycles. The Kier molecular flexibility index (Phi) is 5.28. The van der Waals surface area contributed by atoms with E-state index in [4.69, 9.17) is 10.3 Å². The van der Waals surface area contributed by atoms with Crippen molar-refractivity contribution in [1.82, 2.24) is 10.1 Å². The standard InChI is InChI=1S/C11H21N3OS/c1-5-8(4)16-6-9-13-11(15-14-9)10(12)7(2)3/h7-8,10H,5-6,12H2,1-4H3/t8?,10-/m0/s1. The molecule has 1 aromatic rings. The highest BCUT2D eigenvalue weighted by Gasteiger charge is 2.18. The van der Waals surface area contributed by atoms with Crippen LogP contribution in [-0.4, -0.2) is 15.4 Å². The van der Waals surface area contributed by atoms with E-state index in [0.29, 0.717) is 17.1 Å². The summed E-state index contributed by atoms with van der Waals surface area (Å²) in [5.74, 6) is 2.41. The molecule has 0 aliphatic rings. The zero-order valence-corrected chi connectivity index (χ0v) is 11.3. The zero-order valence-electron chi connectivity index (χ0n) is 10.4. The van der Waals surface area contributed by atoms with Crippen LogP contribution in [0.2, 0.25) is 0 Å². The Morgan fingerprint density at radius 1 is 1.38 bits per heavy atom. The maximum absolute atomic E-state index is 5.93. The average Bonchev–Trinajstić information content (AvgIpc) is 2.73. The third kappa shape index (κ3) is 3.79. The minimum absolute atomic E-state index is 0.158. The molecule has 2 atom stereocenters. The first kappa shape index (κ1) is 13.5. The van der Waals surface area contributed by atoms with E-state index in [2.05, 4.69) is 24.0 Å². The Morgan fingerprint density at radius 3 is 2.62 bits per heavy atom. The van der Waals surface area contributed by atoms with Gasteiger partial charge in [-0.2, -0.15) is 16.7 Å². The van der Waals surface area contributed by atoms with Gasteiger partial charge in [0.1, 0.15) is 0 Å². The van der Waals surface area contributed by atoms with E-state index in [1.807, 2.05) is 25.6 Å². The molecule has 16 heavy (non-hydrogen) atoms. The molecule has 0 bridgehead atoms. The van der Waals surface area contributed by atoms with Crippen LogP contribution < -0.4 is 5.73 Å². The summed E-state index contributed by atoms with van der Waals surface area (Å²) in [6, 6.07) is -0.158. The highest BCUT2D eigenvalue weighted by molar-refractivity contribution is 7.99. The molecule has 4 nitrogen and oxygen atoms in total. The average molecular weight is 243 g/mol. The maximum Gasteiger partial charge on any atom is 0.243 e. The molecular weight excluding hydrogens is 222 g/mol. The monoisotopic (exact) mass is 243 g/mol. The van der Waals surface area contributed by atoms with Crippen LogP contribution >= 0.6 is 11.8 Å². The van der Waals surface area contributed by atoms with Crippen molar-refractivity contribution in [3.63, 3.8) is 0 Å². The Balaban J connectivity index is 2.51. The van der Waals surface area contributed by atoms with Crippen LogP contribution in [0, 0.1) is 5.92 Å². The first-order valence-electron chi connectivity index (χ1n) is 5.74. The van der Waals surface area contributed by atoms with Crippen molar-refractivity contribution < 1.29 is 4.52 Å². The van der Waals surface area contributed by atoms with Crippen molar-refractivity contribution >= 4 is 11.8 Å². The van der Waals surface area contributed by atoms with Crippen LogP contribution in [0.4, 0.5) is 0 Å². The molecule has 1 rings (SSSR count). The minimum Gasteiger partial charge on any atom is -0.338 e. The molecular formula is C11H21N3OS. The van der Waals surface area contributed by atoms with Gasteiger partial charge in [0.2, 0.25) is 5.89 Å². The predicted octanol–water partition coefficient (Wildman–Crippen LogP) is 2.76. The summed E-state index contributed by atoms with van der Waals surface area (Å²) in [6.07, 6.45) is 1.15. The highest BCUT2D eigenvalue weighted by Crippen LogP contribution is 2.21. The minimum atomic E-state index is -0.158. The van der Waals surface area contributed by atoms with Gasteiger partial charge in [-0.05, 0) is 12.3 Å². The summed E-state index contributed by atoms with van der Waals surface area (Å²) in [5.41, 5.74) is 5.93. The normalized spacial score (nSPS) is 15.4. The van der Waals surface area contributed by atoms with Crippen LogP contribution in [0.1, 0.15) is 51.9 Å². The fourth-order valence-electron chi connectivity index (χ4n) is 1.08. The molecule has 1 heterocycles. The number of aromatic nitrogens is 2. The predicted molar refractivity (Wildman–Crippen MR) is 67.1 cm³/mol. The quantitative estimate of drug-likeness (QED) is 0.832. The van der Waals surface area contributed by atoms with E-state index >= 15 is 0 Å². The largest absolute Gasteiger partial charge is 0.338 e. The molecule has 0 aromatic carbocycles. The van der Waals surface area contributed by atoms with Gasteiger partial charge in [0.15, 0.2) is 5.82 Å². The van der Waals surface area contributed by atoms with Gasteiger partial charge in [0.25, 0.3) is 0 Å². The molecule has 0 spiro atoms.